The van der Waals surface area contributed by atoms with Gasteiger partial charge in [0.15, 0.2) is 0 Å². The number of nitrogens with one attached hydrogen (secondary N) is 1. The quantitative estimate of drug-likeness (QED) is 0.659. The van der Waals surface area contributed by atoms with Crippen molar-refractivity contribution in [2.45, 2.75) is 31.7 Å². The zero-order valence-corrected chi connectivity index (χ0v) is 17.4. The first kappa shape index (κ1) is 20.0. The van der Waals surface area contributed by atoms with E-state index in [9.17, 15) is 4.79 Å². The number of aromatic amines is 1. The van der Waals surface area contributed by atoms with E-state index in [-0.39, 0.29) is 11.9 Å². The maximum Gasteiger partial charge on any atom is 0.272 e. The second kappa shape index (κ2) is 9.03. The Bertz CT molecular complexity index is 980. The molecular formula is C24H27N3O3. The fourth-order valence-corrected chi connectivity index (χ4v) is 4.02. The number of amides is 1. The van der Waals surface area contributed by atoms with Crippen LogP contribution >= 0.6 is 0 Å². The van der Waals surface area contributed by atoms with Crippen LogP contribution in [0.3, 0.4) is 0 Å². The number of methoxy groups -OCH3 is 2. The summed E-state index contributed by atoms with van der Waals surface area (Å²) >= 11 is 0. The highest BCUT2D eigenvalue weighted by molar-refractivity contribution is 5.93. The second-order valence-electron chi connectivity index (χ2n) is 7.53. The van der Waals surface area contributed by atoms with E-state index in [0.29, 0.717) is 5.69 Å². The minimum Gasteiger partial charge on any atom is -0.497 e. The van der Waals surface area contributed by atoms with Gasteiger partial charge in [0.2, 0.25) is 0 Å². The Morgan fingerprint density at radius 3 is 2.30 bits per heavy atom. The molecule has 6 nitrogen and oxygen atoms in total. The summed E-state index contributed by atoms with van der Waals surface area (Å²) in [4.78, 5) is 15.4. The van der Waals surface area contributed by atoms with Crippen LogP contribution in [0.2, 0.25) is 0 Å². The van der Waals surface area contributed by atoms with E-state index in [1.165, 1.54) is 0 Å². The third-order valence-electron chi connectivity index (χ3n) is 5.71. The van der Waals surface area contributed by atoms with Gasteiger partial charge in [-0.3, -0.25) is 9.89 Å². The first-order chi connectivity index (χ1) is 14.7. The van der Waals surface area contributed by atoms with Crippen LogP contribution in [0.5, 0.6) is 11.5 Å². The van der Waals surface area contributed by atoms with Crippen LogP contribution in [-0.2, 0) is 0 Å². The van der Waals surface area contributed by atoms with E-state index in [2.05, 4.69) is 22.3 Å². The van der Waals surface area contributed by atoms with Crippen molar-refractivity contribution in [1.29, 1.82) is 0 Å². The zero-order valence-electron chi connectivity index (χ0n) is 17.4. The molecule has 1 fully saturated rings. The number of carbonyl (C=O) groups excluding carboxylic acids is 1. The molecule has 0 aliphatic carbocycles. The molecule has 1 aliphatic heterocycles. The number of carbonyl (C=O) groups is 1. The molecule has 0 saturated carbocycles. The number of rotatable bonds is 5. The highest BCUT2D eigenvalue weighted by Gasteiger charge is 2.28. The normalized spacial score (nSPS) is 16.7. The van der Waals surface area contributed by atoms with Crippen LogP contribution in [0, 0.1) is 0 Å². The molecule has 0 radical (unpaired) electrons. The monoisotopic (exact) mass is 405 g/mol. The average molecular weight is 405 g/mol. The van der Waals surface area contributed by atoms with Gasteiger partial charge in [-0.25, -0.2) is 0 Å². The van der Waals surface area contributed by atoms with Crippen LogP contribution in [0.4, 0.5) is 0 Å². The molecule has 156 valence electrons. The van der Waals surface area contributed by atoms with Gasteiger partial charge in [0.25, 0.3) is 5.91 Å². The third-order valence-corrected chi connectivity index (χ3v) is 5.71. The molecule has 1 unspecified atom stereocenters. The smallest absolute Gasteiger partial charge is 0.272 e. The Morgan fingerprint density at radius 1 is 0.967 bits per heavy atom. The predicted molar refractivity (Wildman–Crippen MR) is 116 cm³/mol. The summed E-state index contributed by atoms with van der Waals surface area (Å²) < 4.78 is 10.5. The lowest BCUT2D eigenvalue weighted by Gasteiger charge is -2.30. The van der Waals surface area contributed by atoms with Crippen LogP contribution in [0.25, 0.3) is 11.3 Å². The molecule has 2 heterocycles. The molecule has 2 aromatic carbocycles. The van der Waals surface area contributed by atoms with Gasteiger partial charge in [-0.15, -0.1) is 0 Å². The van der Waals surface area contributed by atoms with Crippen LogP contribution in [-0.4, -0.2) is 41.8 Å². The summed E-state index contributed by atoms with van der Waals surface area (Å²) in [6.07, 6.45) is 4.21. The number of hydrogen-bond acceptors (Lipinski definition) is 4. The van der Waals surface area contributed by atoms with E-state index in [4.69, 9.17) is 9.47 Å². The lowest BCUT2D eigenvalue weighted by atomic mass is 10.0. The number of aromatic nitrogens is 2. The van der Waals surface area contributed by atoms with Gasteiger partial charge in [-0.2, -0.15) is 5.10 Å². The van der Waals surface area contributed by atoms with Crippen molar-refractivity contribution in [2.24, 2.45) is 0 Å². The van der Waals surface area contributed by atoms with Gasteiger partial charge in [-0.1, -0.05) is 25.0 Å². The van der Waals surface area contributed by atoms with Crippen molar-refractivity contribution in [3.8, 4) is 22.8 Å². The fourth-order valence-electron chi connectivity index (χ4n) is 4.02. The van der Waals surface area contributed by atoms with E-state index < -0.39 is 0 Å². The van der Waals surface area contributed by atoms with Crippen molar-refractivity contribution in [3.05, 3.63) is 65.9 Å². The minimum absolute atomic E-state index is 0.00928. The Kier molecular flexibility index (Phi) is 6.02. The van der Waals surface area contributed by atoms with Crippen molar-refractivity contribution in [1.82, 2.24) is 15.1 Å². The number of ether oxygens (including phenoxy) is 2. The van der Waals surface area contributed by atoms with Crippen molar-refractivity contribution >= 4 is 5.91 Å². The number of H-pyrrole nitrogens is 1. The maximum absolute atomic E-state index is 13.4. The summed E-state index contributed by atoms with van der Waals surface area (Å²) in [6.45, 7) is 0.742. The van der Waals surface area contributed by atoms with Crippen molar-refractivity contribution in [3.63, 3.8) is 0 Å². The molecule has 1 saturated heterocycles. The molecular weight excluding hydrogens is 378 g/mol. The fraction of sp³-hybridized carbons (Fsp3) is 0.333. The topological polar surface area (TPSA) is 67.4 Å². The standard InChI is InChI=1S/C24H27N3O3/c1-29-19-11-7-17(8-12-19)21-16-22(26-25-21)24(28)27-15-5-3-4-6-23(27)18-9-13-20(30-2)14-10-18/h7-14,16,23H,3-6,15H2,1-2H3,(H,25,26). The SMILES string of the molecule is COc1ccc(-c2cc(C(=O)N3CCCCCC3c3ccc(OC)cc3)[nH]n2)cc1. The molecule has 4 rings (SSSR count). The molecule has 1 N–H and O–H groups in total. The summed E-state index contributed by atoms with van der Waals surface area (Å²) in [5.74, 6) is 1.60. The molecule has 3 aromatic rings. The molecule has 30 heavy (non-hydrogen) atoms. The largest absolute Gasteiger partial charge is 0.497 e. The van der Waals surface area contributed by atoms with E-state index in [1.807, 2.05) is 47.4 Å². The van der Waals surface area contributed by atoms with E-state index in [0.717, 1.165) is 60.5 Å². The van der Waals surface area contributed by atoms with E-state index in [1.54, 1.807) is 14.2 Å². The molecule has 0 spiro atoms. The van der Waals surface area contributed by atoms with Crippen molar-refractivity contribution in [2.75, 3.05) is 20.8 Å². The van der Waals surface area contributed by atoms with Crippen molar-refractivity contribution < 1.29 is 14.3 Å². The Balaban J connectivity index is 1.58. The Hall–Kier alpha value is -3.28. The molecule has 1 aliphatic rings. The Labute approximate surface area is 176 Å². The molecule has 1 amide bonds. The molecule has 1 atom stereocenters. The summed E-state index contributed by atoms with van der Waals surface area (Å²) in [5, 5.41) is 7.32. The van der Waals surface area contributed by atoms with Gasteiger partial charge in [-0.05, 0) is 60.9 Å². The minimum atomic E-state index is -0.00928. The number of nitrogens with zero attached hydrogens (tertiary/aromatic N) is 2. The van der Waals surface area contributed by atoms with Gasteiger partial charge >= 0.3 is 0 Å². The van der Waals surface area contributed by atoms with Crippen LogP contribution < -0.4 is 9.47 Å². The summed E-state index contributed by atoms with van der Waals surface area (Å²) in [7, 11) is 3.30. The predicted octanol–water partition coefficient (Wildman–Crippen LogP) is 4.85. The van der Waals surface area contributed by atoms with Crippen LogP contribution in [0.15, 0.2) is 54.6 Å². The van der Waals surface area contributed by atoms with Gasteiger partial charge in [0.1, 0.15) is 17.2 Å². The highest BCUT2D eigenvalue weighted by atomic mass is 16.5. The first-order valence-corrected chi connectivity index (χ1v) is 10.3. The highest BCUT2D eigenvalue weighted by Crippen LogP contribution is 2.32. The second-order valence-corrected chi connectivity index (χ2v) is 7.53. The Morgan fingerprint density at radius 2 is 1.63 bits per heavy atom. The maximum atomic E-state index is 13.4. The average Bonchev–Trinajstić information content (AvgIpc) is 3.17. The lowest BCUT2D eigenvalue weighted by Crippen LogP contribution is -2.35. The van der Waals surface area contributed by atoms with Gasteiger partial charge in [0, 0.05) is 12.1 Å². The molecule has 0 bridgehead atoms. The molecule has 1 aromatic heterocycles. The van der Waals surface area contributed by atoms with Gasteiger partial charge in [0.05, 0.1) is 26.0 Å². The van der Waals surface area contributed by atoms with Crippen LogP contribution in [0.1, 0.15) is 47.8 Å². The molecule has 6 heteroatoms. The summed E-state index contributed by atoms with van der Waals surface area (Å²) in [6, 6.07) is 17.6. The summed E-state index contributed by atoms with van der Waals surface area (Å²) in [5.41, 5.74) is 3.34. The number of likely N-dealkylation sites (tertiary alicyclic amines) is 1. The van der Waals surface area contributed by atoms with E-state index >= 15 is 0 Å². The number of benzene rings is 2. The number of hydrogen-bond donors (Lipinski definition) is 1. The third kappa shape index (κ3) is 4.17. The van der Waals surface area contributed by atoms with Gasteiger partial charge < -0.3 is 14.4 Å². The lowest BCUT2D eigenvalue weighted by molar-refractivity contribution is 0.0674. The zero-order chi connectivity index (χ0) is 20.9. The first-order valence-electron chi connectivity index (χ1n) is 10.3.